The van der Waals surface area contributed by atoms with Gasteiger partial charge in [-0.1, -0.05) is 24.3 Å². The molecule has 6 rings (SSSR count). The lowest BCUT2D eigenvalue weighted by Gasteiger charge is -2.41. The Bertz CT molecular complexity index is 957. The van der Waals surface area contributed by atoms with Crippen molar-refractivity contribution in [3.05, 3.63) is 52.5 Å². The standard InChI is InChI=1S/C23H26N4O/c28-22-19-17(8-12-24-22)21(26-20(25-19)16-5-6-16)27-13-10-23(11-14-27)9-7-15-3-1-2-4-18(15)23/h1-4,16H,5-14H2,(H,24,28). The summed E-state index contributed by atoms with van der Waals surface area (Å²) in [5.74, 6) is 2.36. The number of benzene rings is 1. The first kappa shape index (κ1) is 16.5. The average molecular weight is 374 g/mol. The predicted octanol–water partition coefficient (Wildman–Crippen LogP) is 3.12. The molecule has 2 aromatic rings. The molecule has 0 radical (unpaired) electrons. The zero-order chi connectivity index (χ0) is 18.7. The fourth-order valence-corrected chi connectivity index (χ4v) is 5.51. The third kappa shape index (κ3) is 2.48. The fraction of sp³-hybridized carbons (Fsp3) is 0.522. The number of carbonyl (C=O) groups is 1. The largest absolute Gasteiger partial charge is 0.356 e. The second kappa shape index (κ2) is 6.03. The number of nitrogens with zero attached hydrogens (tertiary/aromatic N) is 3. The van der Waals surface area contributed by atoms with Gasteiger partial charge in [-0.2, -0.15) is 0 Å². The third-order valence-corrected chi connectivity index (χ3v) is 7.30. The number of hydrogen-bond acceptors (Lipinski definition) is 4. The molecule has 2 fully saturated rings. The maximum Gasteiger partial charge on any atom is 0.270 e. The van der Waals surface area contributed by atoms with E-state index >= 15 is 0 Å². The van der Waals surface area contributed by atoms with Gasteiger partial charge in [0.25, 0.3) is 5.91 Å². The van der Waals surface area contributed by atoms with Crippen LogP contribution < -0.4 is 10.2 Å². The van der Waals surface area contributed by atoms with Gasteiger partial charge in [-0.3, -0.25) is 4.79 Å². The Balaban J connectivity index is 1.33. The van der Waals surface area contributed by atoms with Crippen LogP contribution in [0.2, 0.25) is 0 Å². The number of anilines is 1. The van der Waals surface area contributed by atoms with Gasteiger partial charge in [0.2, 0.25) is 0 Å². The van der Waals surface area contributed by atoms with Crippen LogP contribution in [0.4, 0.5) is 5.82 Å². The van der Waals surface area contributed by atoms with Gasteiger partial charge < -0.3 is 10.2 Å². The number of fused-ring (bicyclic) bond motifs is 3. The van der Waals surface area contributed by atoms with Gasteiger partial charge in [-0.25, -0.2) is 9.97 Å². The predicted molar refractivity (Wildman–Crippen MR) is 108 cm³/mol. The molecule has 144 valence electrons. The molecule has 1 aromatic carbocycles. The van der Waals surface area contributed by atoms with Crippen LogP contribution in [-0.4, -0.2) is 35.5 Å². The van der Waals surface area contributed by atoms with E-state index in [-0.39, 0.29) is 5.91 Å². The number of aryl methyl sites for hydroxylation is 1. The van der Waals surface area contributed by atoms with Crippen molar-refractivity contribution in [2.45, 2.75) is 56.3 Å². The molecular weight excluding hydrogens is 348 g/mol. The van der Waals surface area contributed by atoms with Crippen molar-refractivity contribution in [2.24, 2.45) is 0 Å². The first-order valence-electron chi connectivity index (χ1n) is 10.8. The Labute approximate surface area is 165 Å². The summed E-state index contributed by atoms with van der Waals surface area (Å²) in [6.45, 7) is 2.73. The molecular formula is C23H26N4O. The molecule has 1 N–H and O–H groups in total. The highest BCUT2D eigenvalue weighted by Gasteiger charge is 2.42. The molecule has 0 unspecified atom stereocenters. The second-order valence-electron chi connectivity index (χ2n) is 8.94. The van der Waals surface area contributed by atoms with E-state index in [0.717, 1.165) is 49.6 Å². The summed E-state index contributed by atoms with van der Waals surface area (Å²) in [5.41, 5.74) is 5.16. The SMILES string of the molecule is O=C1NCCc2c1nc(C1CC1)nc2N1CCC2(CCc3ccccc32)CC1. The molecule has 2 aliphatic carbocycles. The van der Waals surface area contributed by atoms with Crippen LogP contribution >= 0.6 is 0 Å². The highest BCUT2D eigenvalue weighted by atomic mass is 16.1. The van der Waals surface area contributed by atoms with E-state index in [1.807, 2.05) is 0 Å². The van der Waals surface area contributed by atoms with Crippen LogP contribution in [0.3, 0.4) is 0 Å². The molecule has 5 nitrogen and oxygen atoms in total. The minimum atomic E-state index is -0.0231. The Morgan fingerprint density at radius 2 is 1.86 bits per heavy atom. The molecule has 0 atom stereocenters. The molecule has 1 spiro atoms. The monoisotopic (exact) mass is 374 g/mol. The molecule has 1 amide bonds. The Morgan fingerprint density at radius 1 is 1.04 bits per heavy atom. The first-order chi connectivity index (χ1) is 13.7. The maximum absolute atomic E-state index is 12.4. The van der Waals surface area contributed by atoms with Gasteiger partial charge in [-0.05, 0) is 61.5 Å². The molecule has 1 saturated heterocycles. The lowest BCUT2D eigenvalue weighted by Crippen LogP contribution is -2.43. The molecule has 4 aliphatic rings. The smallest absolute Gasteiger partial charge is 0.270 e. The van der Waals surface area contributed by atoms with Crippen molar-refractivity contribution in [3.63, 3.8) is 0 Å². The number of piperidine rings is 1. The molecule has 2 aliphatic heterocycles. The lowest BCUT2D eigenvalue weighted by atomic mass is 9.74. The number of carbonyl (C=O) groups excluding carboxylic acids is 1. The zero-order valence-electron chi connectivity index (χ0n) is 16.2. The molecule has 5 heteroatoms. The Morgan fingerprint density at radius 3 is 2.68 bits per heavy atom. The summed E-state index contributed by atoms with van der Waals surface area (Å²) in [6, 6.07) is 9.02. The number of hydrogen-bond donors (Lipinski definition) is 1. The average Bonchev–Trinajstić information content (AvgIpc) is 3.53. The fourth-order valence-electron chi connectivity index (χ4n) is 5.51. The topological polar surface area (TPSA) is 58.1 Å². The van der Waals surface area contributed by atoms with Crippen molar-refractivity contribution in [2.75, 3.05) is 24.5 Å². The highest BCUT2D eigenvalue weighted by Crippen LogP contribution is 2.47. The summed E-state index contributed by atoms with van der Waals surface area (Å²) in [4.78, 5) is 24.5. The maximum atomic E-state index is 12.4. The quantitative estimate of drug-likeness (QED) is 0.877. The van der Waals surface area contributed by atoms with Crippen molar-refractivity contribution >= 4 is 11.7 Å². The number of amides is 1. The van der Waals surface area contributed by atoms with Crippen molar-refractivity contribution < 1.29 is 4.79 Å². The van der Waals surface area contributed by atoms with E-state index in [2.05, 4.69) is 39.5 Å². The number of aromatic nitrogens is 2. The normalized spacial score (nSPS) is 22.7. The molecule has 3 heterocycles. The number of rotatable bonds is 2. The second-order valence-corrected chi connectivity index (χ2v) is 8.94. The molecule has 1 saturated carbocycles. The summed E-state index contributed by atoms with van der Waals surface area (Å²) < 4.78 is 0. The van der Waals surface area contributed by atoms with Gasteiger partial charge in [0, 0.05) is 31.1 Å². The van der Waals surface area contributed by atoms with Crippen molar-refractivity contribution in [1.29, 1.82) is 0 Å². The van der Waals surface area contributed by atoms with Crippen LogP contribution in [0.1, 0.15) is 71.0 Å². The van der Waals surface area contributed by atoms with Gasteiger partial charge in [0.1, 0.15) is 17.3 Å². The third-order valence-electron chi connectivity index (χ3n) is 7.30. The molecule has 28 heavy (non-hydrogen) atoms. The van der Waals surface area contributed by atoms with Gasteiger partial charge >= 0.3 is 0 Å². The summed E-state index contributed by atoms with van der Waals surface area (Å²) >= 11 is 0. The van der Waals surface area contributed by atoms with E-state index in [9.17, 15) is 4.79 Å². The van der Waals surface area contributed by atoms with Crippen molar-refractivity contribution in [3.8, 4) is 0 Å². The van der Waals surface area contributed by atoms with Crippen LogP contribution in [0.25, 0.3) is 0 Å². The van der Waals surface area contributed by atoms with Crippen LogP contribution in [0.15, 0.2) is 24.3 Å². The minimum Gasteiger partial charge on any atom is -0.356 e. The van der Waals surface area contributed by atoms with Crippen LogP contribution in [0, 0.1) is 0 Å². The Hall–Kier alpha value is -2.43. The highest BCUT2D eigenvalue weighted by molar-refractivity contribution is 5.96. The van der Waals surface area contributed by atoms with Gasteiger partial charge in [-0.15, -0.1) is 0 Å². The van der Waals surface area contributed by atoms with E-state index in [4.69, 9.17) is 4.98 Å². The zero-order valence-corrected chi connectivity index (χ0v) is 16.2. The van der Waals surface area contributed by atoms with E-state index in [0.29, 0.717) is 23.6 Å². The van der Waals surface area contributed by atoms with Gasteiger partial charge in [0.15, 0.2) is 0 Å². The molecule has 1 aromatic heterocycles. The number of nitrogens with one attached hydrogen (secondary N) is 1. The summed E-state index contributed by atoms with van der Waals surface area (Å²) in [7, 11) is 0. The summed E-state index contributed by atoms with van der Waals surface area (Å²) in [5, 5.41) is 2.96. The van der Waals surface area contributed by atoms with E-state index < -0.39 is 0 Å². The van der Waals surface area contributed by atoms with Crippen molar-refractivity contribution in [1.82, 2.24) is 15.3 Å². The lowest BCUT2D eigenvalue weighted by molar-refractivity contribution is 0.0940. The van der Waals surface area contributed by atoms with Crippen LogP contribution in [-0.2, 0) is 18.3 Å². The van der Waals surface area contributed by atoms with E-state index in [1.165, 1.54) is 25.7 Å². The Kier molecular flexibility index (Phi) is 3.56. The summed E-state index contributed by atoms with van der Waals surface area (Å²) in [6.07, 6.45) is 7.98. The molecule has 0 bridgehead atoms. The van der Waals surface area contributed by atoms with Gasteiger partial charge in [0.05, 0.1) is 0 Å². The van der Waals surface area contributed by atoms with Crippen LogP contribution in [0.5, 0.6) is 0 Å². The minimum absolute atomic E-state index is 0.0231. The first-order valence-corrected chi connectivity index (χ1v) is 10.8. The van der Waals surface area contributed by atoms with E-state index in [1.54, 1.807) is 11.1 Å².